The fourth-order valence-corrected chi connectivity index (χ4v) is 9.62. The normalized spacial score (nSPS) is 19.1. The Morgan fingerprint density at radius 1 is 0.571 bits per heavy atom. The molecule has 10 rings (SSSR count). The predicted octanol–water partition coefficient (Wildman–Crippen LogP) is 9.18. The van der Waals surface area contributed by atoms with E-state index in [4.69, 9.17) is 0 Å². The quantitative estimate of drug-likeness (QED) is 0.180. The van der Waals surface area contributed by atoms with Crippen LogP contribution in [0, 0.1) is 0 Å². The van der Waals surface area contributed by atoms with E-state index < -0.39 is 0 Å². The largest absolute Gasteiger partial charge is 0.334 e. The van der Waals surface area contributed by atoms with E-state index in [0.29, 0.717) is 0 Å². The fourth-order valence-electron chi connectivity index (χ4n) is 9.62. The summed E-state index contributed by atoms with van der Waals surface area (Å²) in [7, 11) is 0. The minimum Gasteiger partial charge on any atom is -0.334 e. The highest BCUT2D eigenvalue weighted by Gasteiger charge is 2.55. The molecule has 0 fully saturated rings. The molecule has 49 heavy (non-hydrogen) atoms. The maximum atomic E-state index is 2.75. The standard InChI is InChI=1S/C45H40BN3/c1-44(2,3)31-27-37-40-38(28-31)49-43-35(25-16-26-36(43)48(45(49,4)5)32-21-13-8-14-22-32)46(40)34-24-15-23-33-39(29-17-9-6-10-18-29)41(47(37)42(33)34)30-19-11-7-12-20-30/h6-28,39,41H,1-5H3. The van der Waals surface area contributed by atoms with Crippen molar-refractivity contribution in [3.63, 3.8) is 0 Å². The summed E-state index contributed by atoms with van der Waals surface area (Å²) < 4.78 is 0. The highest BCUT2D eigenvalue weighted by atomic mass is 15.5. The Kier molecular flexibility index (Phi) is 5.82. The van der Waals surface area contributed by atoms with Crippen LogP contribution >= 0.6 is 0 Å². The number of hydrogen-bond donors (Lipinski definition) is 0. The number of para-hydroxylation sites is 3. The van der Waals surface area contributed by atoms with Gasteiger partial charge < -0.3 is 14.7 Å². The zero-order valence-corrected chi connectivity index (χ0v) is 28.9. The summed E-state index contributed by atoms with van der Waals surface area (Å²) in [6.45, 7) is 12.0. The molecule has 0 aliphatic carbocycles. The first-order valence-electron chi connectivity index (χ1n) is 17.7. The SMILES string of the molecule is CC(C)(C)c1cc2c3c(c1)N1c4c(cccc4N(c4ccccc4)C1(C)C)B3c1cccc3c1N2C(c1ccccc1)C3c1ccccc1. The van der Waals surface area contributed by atoms with E-state index in [0.717, 1.165) is 0 Å². The second kappa shape index (κ2) is 9.92. The Labute approximate surface area is 290 Å². The van der Waals surface area contributed by atoms with Gasteiger partial charge in [0.25, 0.3) is 6.71 Å². The minimum atomic E-state index is -0.340. The maximum absolute atomic E-state index is 2.75. The third kappa shape index (κ3) is 3.80. The average molecular weight is 634 g/mol. The molecule has 2 atom stereocenters. The van der Waals surface area contributed by atoms with Crippen molar-refractivity contribution >= 4 is 57.2 Å². The summed E-state index contributed by atoms with van der Waals surface area (Å²) in [5.74, 6) is 0.201. The van der Waals surface area contributed by atoms with E-state index in [9.17, 15) is 0 Å². The van der Waals surface area contributed by atoms with Crippen molar-refractivity contribution in [2.45, 2.75) is 57.7 Å². The lowest BCUT2D eigenvalue weighted by atomic mass is 9.33. The van der Waals surface area contributed by atoms with Crippen molar-refractivity contribution in [1.29, 1.82) is 0 Å². The van der Waals surface area contributed by atoms with E-state index in [-0.39, 0.29) is 29.8 Å². The van der Waals surface area contributed by atoms with E-state index >= 15 is 0 Å². The number of nitrogens with zero attached hydrogens (tertiary/aromatic N) is 3. The summed E-state index contributed by atoms with van der Waals surface area (Å²) in [4.78, 5) is 7.97. The Morgan fingerprint density at radius 2 is 1.16 bits per heavy atom. The molecular weight excluding hydrogens is 593 g/mol. The van der Waals surface area contributed by atoms with Crippen molar-refractivity contribution in [3.05, 3.63) is 162 Å². The third-order valence-electron chi connectivity index (χ3n) is 11.6. The molecule has 3 nitrogen and oxygen atoms in total. The maximum Gasteiger partial charge on any atom is 0.252 e. The highest BCUT2D eigenvalue weighted by molar-refractivity contribution is 7.00. The molecule has 0 N–H and O–H groups in total. The molecule has 0 spiro atoms. The van der Waals surface area contributed by atoms with Crippen LogP contribution < -0.4 is 31.1 Å². The van der Waals surface area contributed by atoms with Gasteiger partial charge in [-0.3, -0.25) is 0 Å². The van der Waals surface area contributed by atoms with Crippen LogP contribution in [0.4, 0.5) is 34.1 Å². The van der Waals surface area contributed by atoms with Crippen LogP contribution in [0.1, 0.15) is 68.8 Å². The Balaban J connectivity index is 1.32. The van der Waals surface area contributed by atoms with Crippen molar-refractivity contribution < 1.29 is 0 Å². The lowest BCUT2D eigenvalue weighted by Gasteiger charge is -2.48. The lowest BCUT2D eigenvalue weighted by molar-refractivity contribution is 0.539. The number of rotatable bonds is 3. The molecule has 6 aromatic rings. The van der Waals surface area contributed by atoms with Crippen LogP contribution in [-0.4, -0.2) is 12.4 Å². The zero-order chi connectivity index (χ0) is 33.2. The second-order valence-electron chi connectivity index (χ2n) is 15.7. The third-order valence-corrected chi connectivity index (χ3v) is 11.6. The van der Waals surface area contributed by atoms with Crippen LogP contribution in [0.25, 0.3) is 0 Å². The van der Waals surface area contributed by atoms with Gasteiger partial charge in [-0.25, -0.2) is 0 Å². The summed E-state index contributed by atoms with van der Waals surface area (Å²) in [6, 6.07) is 52.7. The summed E-state index contributed by atoms with van der Waals surface area (Å²) in [5.41, 5.74) is 17.3. The molecule has 4 aliphatic rings. The smallest absolute Gasteiger partial charge is 0.252 e. The molecule has 0 radical (unpaired) electrons. The van der Waals surface area contributed by atoms with E-state index in [1.807, 2.05) is 0 Å². The molecule has 0 aromatic heterocycles. The van der Waals surface area contributed by atoms with Gasteiger partial charge in [0.15, 0.2) is 0 Å². The topological polar surface area (TPSA) is 9.72 Å². The van der Waals surface area contributed by atoms with Crippen LogP contribution in [-0.2, 0) is 5.41 Å². The second-order valence-corrected chi connectivity index (χ2v) is 15.7. The number of fused-ring (bicyclic) bond motifs is 4. The van der Waals surface area contributed by atoms with Gasteiger partial charge in [-0.2, -0.15) is 0 Å². The molecule has 4 aliphatic heterocycles. The number of anilines is 6. The van der Waals surface area contributed by atoms with Gasteiger partial charge in [-0.05, 0) is 88.2 Å². The predicted molar refractivity (Wildman–Crippen MR) is 207 cm³/mol. The zero-order valence-electron chi connectivity index (χ0n) is 28.9. The monoisotopic (exact) mass is 633 g/mol. The molecule has 238 valence electrons. The summed E-state index contributed by atoms with van der Waals surface area (Å²) in [6.07, 6.45) is 0. The number of benzene rings is 6. The number of hydrogen-bond acceptors (Lipinski definition) is 3. The Bertz CT molecular complexity index is 2270. The van der Waals surface area contributed by atoms with E-state index in [1.54, 1.807) is 0 Å². The molecule has 4 heteroatoms. The van der Waals surface area contributed by atoms with E-state index in [1.165, 1.54) is 72.8 Å². The fraction of sp³-hybridized carbons (Fsp3) is 0.200. The van der Waals surface area contributed by atoms with Crippen molar-refractivity contribution in [2.24, 2.45) is 0 Å². The lowest BCUT2D eigenvalue weighted by Crippen LogP contribution is -2.64. The summed E-state index contributed by atoms with van der Waals surface area (Å²) >= 11 is 0. The van der Waals surface area contributed by atoms with Crippen molar-refractivity contribution in [3.8, 4) is 0 Å². The molecule has 0 saturated heterocycles. The van der Waals surface area contributed by atoms with Crippen LogP contribution in [0.5, 0.6) is 0 Å². The van der Waals surface area contributed by atoms with Gasteiger partial charge in [0, 0.05) is 28.7 Å². The van der Waals surface area contributed by atoms with Gasteiger partial charge in [0.05, 0.1) is 17.4 Å². The van der Waals surface area contributed by atoms with Crippen molar-refractivity contribution in [2.75, 3.05) is 14.7 Å². The molecule has 0 amide bonds. The molecule has 0 saturated carbocycles. The van der Waals surface area contributed by atoms with Gasteiger partial charge >= 0.3 is 0 Å². The van der Waals surface area contributed by atoms with Crippen LogP contribution in [0.15, 0.2) is 140 Å². The average Bonchev–Trinajstić information content (AvgIpc) is 3.59. The van der Waals surface area contributed by atoms with Gasteiger partial charge in [-0.15, -0.1) is 0 Å². The van der Waals surface area contributed by atoms with Gasteiger partial charge in [-0.1, -0.05) is 130 Å². The highest BCUT2D eigenvalue weighted by Crippen LogP contribution is 2.59. The van der Waals surface area contributed by atoms with Crippen molar-refractivity contribution in [1.82, 2.24) is 0 Å². The van der Waals surface area contributed by atoms with Crippen LogP contribution in [0.3, 0.4) is 0 Å². The Hall–Kier alpha value is -5.22. The first-order chi connectivity index (χ1) is 23.7. The molecule has 0 bridgehead atoms. The first-order valence-corrected chi connectivity index (χ1v) is 17.7. The van der Waals surface area contributed by atoms with E-state index in [2.05, 4.69) is 189 Å². The molecular formula is C45H40BN3. The van der Waals surface area contributed by atoms with Gasteiger partial charge in [0.1, 0.15) is 5.66 Å². The van der Waals surface area contributed by atoms with Gasteiger partial charge in [0.2, 0.25) is 0 Å². The molecule has 2 unspecified atom stereocenters. The molecule has 6 aromatic carbocycles. The minimum absolute atomic E-state index is 0.0373. The van der Waals surface area contributed by atoms with Crippen LogP contribution in [0.2, 0.25) is 0 Å². The first kappa shape index (κ1) is 28.8. The summed E-state index contributed by atoms with van der Waals surface area (Å²) in [5, 5.41) is 0. The molecule has 4 heterocycles. The Morgan fingerprint density at radius 3 is 1.84 bits per heavy atom.